The van der Waals surface area contributed by atoms with Gasteiger partial charge in [-0.1, -0.05) is 5.21 Å². The molecular weight excluding hydrogens is 180 g/mol. The van der Waals surface area contributed by atoms with Crippen LogP contribution in [-0.2, 0) is 18.3 Å². The van der Waals surface area contributed by atoms with E-state index in [1.807, 2.05) is 7.05 Å². The topological polar surface area (TPSA) is 52.0 Å². The summed E-state index contributed by atoms with van der Waals surface area (Å²) in [6.45, 7) is 3.77. The van der Waals surface area contributed by atoms with Gasteiger partial charge in [-0.3, -0.25) is 4.68 Å². The molecule has 1 N–H and O–H groups in total. The van der Waals surface area contributed by atoms with Crippen LogP contribution in [0.25, 0.3) is 0 Å². The van der Waals surface area contributed by atoms with E-state index in [0.717, 1.165) is 25.3 Å². The third-order valence-electron chi connectivity index (χ3n) is 2.73. The molecule has 0 saturated carbocycles. The van der Waals surface area contributed by atoms with E-state index in [-0.39, 0.29) is 0 Å². The molecule has 1 saturated heterocycles. The summed E-state index contributed by atoms with van der Waals surface area (Å²) >= 11 is 0. The highest BCUT2D eigenvalue weighted by molar-refractivity contribution is 4.94. The van der Waals surface area contributed by atoms with Gasteiger partial charge in [-0.05, 0) is 13.3 Å². The molecule has 1 aromatic heterocycles. The Morgan fingerprint density at radius 2 is 2.57 bits per heavy atom. The number of aryl methyl sites for hydroxylation is 1. The molecule has 2 unspecified atom stereocenters. The van der Waals surface area contributed by atoms with Crippen LogP contribution in [0.1, 0.15) is 19.0 Å². The van der Waals surface area contributed by atoms with Crippen molar-refractivity contribution in [2.24, 2.45) is 7.05 Å². The Morgan fingerprint density at radius 3 is 3.14 bits per heavy atom. The van der Waals surface area contributed by atoms with Gasteiger partial charge >= 0.3 is 0 Å². The van der Waals surface area contributed by atoms with Crippen molar-refractivity contribution < 1.29 is 4.74 Å². The van der Waals surface area contributed by atoms with Crippen molar-refractivity contribution in [1.29, 1.82) is 0 Å². The maximum absolute atomic E-state index is 5.47. The summed E-state index contributed by atoms with van der Waals surface area (Å²) in [5, 5.41) is 11.2. The second-order valence-electron chi connectivity index (χ2n) is 3.70. The lowest BCUT2D eigenvalue weighted by Crippen LogP contribution is -2.34. The van der Waals surface area contributed by atoms with E-state index in [1.165, 1.54) is 0 Å². The summed E-state index contributed by atoms with van der Waals surface area (Å²) in [5.41, 5.74) is 1.10. The zero-order chi connectivity index (χ0) is 9.97. The highest BCUT2D eigenvalue weighted by Crippen LogP contribution is 2.12. The number of aromatic nitrogens is 3. The maximum Gasteiger partial charge on any atom is 0.0738 e. The fourth-order valence-electron chi connectivity index (χ4n) is 1.71. The Morgan fingerprint density at radius 1 is 1.71 bits per heavy atom. The summed E-state index contributed by atoms with van der Waals surface area (Å²) < 4.78 is 7.25. The first-order valence-corrected chi connectivity index (χ1v) is 4.96. The van der Waals surface area contributed by atoms with Crippen molar-refractivity contribution in [2.75, 3.05) is 6.61 Å². The Labute approximate surface area is 83.4 Å². The molecule has 2 rings (SSSR count). The third kappa shape index (κ3) is 1.93. The predicted octanol–water partition coefficient (Wildman–Crippen LogP) is 0.0821. The second kappa shape index (κ2) is 4.06. The monoisotopic (exact) mass is 196 g/mol. The van der Waals surface area contributed by atoms with Gasteiger partial charge in [-0.2, -0.15) is 0 Å². The van der Waals surface area contributed by atoms with Crippen LogP contribution < -0.4 is 5.32 Å². The van der Waals surface area contributed by atoms with Gasteiger partial charge in [0.05, 0.1) is 18.0 Å². The minimum atomic E-state index is 0.316. The van der Waals surface area contributed by atoms with Crippen LogP contribution in [-0.4, -0.2) is 33.7 Å². The molecule has 78 valence electrons. The first-order valence-electron chi connectivity index (χ1n) is 4.96. The van der Waals surface area contributed by atoms with Crippen LogP contribution in [0.5, 0.6) is 0 Å². The molecule has 14 heavy (non-hydrogen) atoms. The maximum atomic E-state index is 5.47. The zero-order valence-electron chi connectivity index (χ0n) is 8.60. The molecule has 0 aliphatic carbocycles. The Hall–Kier alpha value is -0.940. The summed E-state index contributed by atoms with van der Waals surface area (Å²) in [7, 11) is 1.90. The van der Waals surface area contributed by atoms with E-state index in [4.69, 9.17) is 4.74 Å². The van der Waals surface area contributed by atoms with Gasteiger partial charge in [0.15, 0.2) is 0 Å². The van der Waals surface area contributed by atoms with Gasteiger partial charge in [-0.15, -0.1) is 5.10 Å². The zero-order valence-corrected chi connectivity index (χ0v) is 8.60. The molecule has 5 heteroatoms. The molecule has 0 bridgehead atoms. The van der Waals surface area contributed by atoms with Crippen molar-refractivity contribution >= 4 is 0 Å². The lowest BCUT2D eigenvalue weighted by molar-refractivity contribution is 0.113. The molecule has 1 fully saturated rings. The van der Waals surface area contributed by atoms with Crippen LogP contribution in [0.2, 0.25) is 0 Å². The van der Waals surface area contributed by atoms with E-state index in [9.17, 15) is 0 Å². The van der Waals surface area contributed by atoms with Gasteiger partial charge in [0, 0.05) is 26.2 Å². The van der Waals surface area contributed by atoms with Crippen molar-refractivity contribution in [2.45, 2.75) is 32.0 Å². The molecule has 2 atom stereocenters. The van der Waals surface area contributed by atoms with Crippen molar-refractivity contribution in [3.05, 3.63) is 11.9 Å². The van der Waals surface area contributed by atoms with Gasteiger partial charge in [-0.25, -0.2) is 0 Å². The second-order valence-corrected chi connectivity index (χ2v) is 3.70. The fraction of sp³-hybridized carbons (Fsp3) is 0.778. The molecule has 0 amide bonds. The lowest BCUT2D eigenvalue weighted by Gasteiger charge is -2.15. The summed E-state index contributed by atoms with van der Waals surface area (Å²) in [6, 6.07) is 0.463. The molecule has 1 aliphatic heterocycles. The molecule has 0 radical (unpaired) electrons. The quantitative estimate of drug-likeness (QED) is 0.744. The van der Waals surface area contributed by atoms with Gasteiger partial charge in [0.1, 0.15) is 0 Å². The highest BCUT2D eigenvalue weighted by Gasteiger charge is 2.23. The van der Waals surface area contributed by atoms with Crippen LogP contribution in [0, 0.1) is 0 Å². The third-order valence-corrected chi connectivity index (χ3v) is 2.73. The Kier molecular flexibility index (Phi) is 2.79. The lowest BCUT2D eigenvalue weighted by atomic mass is 10.1. The highest BCUT2D eigenvalue weighted by atomic mass is 16.5. The smallest absolute Gasteiger partial charge is 0.0738 e. The molecule has 1 aliphatic rings. The predicted molar refractivity (Wildman–Crippen MR) is 51.7 cm³/mol. The van der Waals surface area contributed by atoms with E-state index >= 15 is 0 Å². The minimum Gasteiger partial charge on any atom is -0.377 e. The Bertz CT molecular complexity index is 299. The van der Waals surface area contributed by atoms with Crippen LogP contribution in [0.4, 0.5) is 0 Å². The molecule has 2 heterocycles. The van der Waals surface area contributed by atoms with Gasteiger partial charge < -0.3 is 10.1 Å². The molecular formula is C9H16N4O. The molecule has 5 nitrogen and oxygen atoms in total. The van der Waals surface area contributed by atoms with Crippen LogP contribution in [0.3, 0.4) is 0 Å². The standard InChI is InChI=1S/C9H16N4O/c1-7-9(3-4-14-7)10-5-8-6-11-12-13(8)2/h6-7,9-10H,3-5H2,1-2H3. The largest absolute Gasteiger partial charge is 0.377 e. The van der Waals surface area contributed by atoms with Crippen molar-refractivity contribution in [1.82, 2.24) is 20.3 Å². The average Bonchev–Trinajstić information content (AvgIpc) is 2.72. The number of rotatable bonds is 3. The first kappa shape index (κ1) is 9.61. The van der Waals surface area contributed by atoms with Gasteiger partial charge in [0.25, 0.3) is 0 Å². The normalized spacial score (nSPS) is 27.0. The minimum absolute atomic E-state index is 0.316. The molecule has 0 aromatic carbocycles. The fourth-order valence-corrected chi connectivity index (χ4v) is 1.71. The molecule has 1 aromatic rings. The first-order chi connectivity index (χ1) is 6.77. The SMILES string of the molecule is CC1OCCC1NCc1cnnn1C. The van der Waals surface area contributed by atoms with Crippen LogP contribution in [0.15, 0.2) is 6.20 Å². The number of nitrogens with zero attached hydrogens (tertiary/aromatic N) is 3. The van der Waals surface area contributed by atoms with Crippen molar-refractivity contribution in [3.8, 4) is 0 Å². The summed E-state index contributed by atoms with van der Waals surface area (Å²) in [5.74, 6) is 0. The van der Waals surface area contributed by atoms with Crippen LogP contribution >= 0.6 is 0 Å². The number of nitrogens with one attached hydrogen (secondary N) is 1. The molecule has 0 spiro atoms. The van der Waals surface area contributed by atoms with E-state index in [0.29, 0.717) is 12.1 Å². The van der Waals surface area contributed by atoms with Gasteiger partial charge in [0.2, 0.25) is 0 Å². The average molecular weight is 196 g/mol. The van der Waals surface area contributed by atoms with E-state index in [1.54, 1.807) is 10.9 Å². The van der Waals surface area contributed by atoms with E-state index < -0.39 is 0 Å². The number of hydrogen-bond acceptors (Lipinski definition) is 4. The van der Waals surface area contributed by atoms with Crippen molar-refractivity contribution in [3.63, 3.8) is 0 Å². The summed E-state index contributed by atoms with van der Waals surface area (Å²) in [6.07, 6.45) is 3.19. The summed E-state index contributed by atoms with van der Waals surface area (Å²) in [4.78, 5) is 0. The number of ether oxygens (including phenoxy) is 1. The number of hydrogen-bond donors (Lipinski definition) is 1. The van der Waals surface area contributed by atoms with E-state index in [2.05, 4.69) is 22.6 Å². The Balaban J connectivity index is 1.85.